The van der Waals surface area contributed by atoms with Gasteiger partial charge in [-0.1, -0.05) is 18.2 Å². The molecular weight excluding hydrogens is 244 g/mol. The molecule has 1 saturated heterocycles. The van der Waals surface area contributed by atoms with Crippen molar-refractivity contribution < 1.29 is 14.3 Å². The van der Waals surface area contributed by atoms with E-state index in [0.717, 1.165) is 5.75 Å². The van der Waals surface area contributed by atoms with E-state index >= 15 is 0 Å². The van der Waals surface area contributed by atoms with Crippen LogP contribution >= 0.6 is 0 Å². The van der Waals surface area contributed by atoms with Crippen LogP contribution in [0.2, 0.25) is 0 Å². The Morgan fingerprint density at radius 1 is 1.53 bits per heavy atom. The zero-order chi connectivity index (χ0) is 13.5. The summed E-state index contributed by atoms with van der Waals surface area (Å²) in [6, 6.07) is 9.32. The van der Waals surface area contributed by atoms with Crippen LogP contribution in [-0.2, 0) is 9.53 Å². The van der Waals surface area contributed by atoms with Gasteiger partial charge in [0.25, 0.3) is 0 Å². The van der Waals surface area contributed by atoms with E-state index in [9.17, 15) is 4.79 Å². The van der Waals surface area contributed by atoms with Gasteiger partial charge in [0.2, 0.25) is 5.91 Å². The van der Waals surface area contributed by atoms with Gasteiger partial charge in [-0.05, 0) is 19.1 Å². The molecule has 19 heavy (non-hydrogen) atoms. The smallest absolute Gasteiger partial charge is 0.239 e. The average molecular weight is 264 g/mol. The molecule has 0 saturated carbocycles. The first-order valence-corrected chi connectivity index (χ1v) is 6.56. The van der Waals surface area contributed by atoms with E-state index in [1.54, 1.807) is 0 Å². The molecule has 2 rings (SSSR count). The summed E-state index contributed by atoms with van der Waals surface area (Å²) < 4.78 is 10.9. The SMILES string of the molecule is CC(CNC(=O)C1COCCN1)Oc1ccccc1. The molecule has 2 atom stereocenters. The Balaban J connectivity index is 1.71. The van der Waals surface area contributed by atoms with Crippen LogP contribution in [0.3, 0.4) is 0 Å². The van der Waals surface area contributed by atoms with Crippen molar-refractivity contribution in [1.29, 1.82) is 0 Å². The van der Waals surface area contributed by atoms with Crippen LogP contribution in [0.25, 0.3) is 0 Å². The number of carbonyl (C=O) groups is 1. The summed E-state index contributed by atoms with van der Waals surface area (Å²) in [7, 11) is 0. The number of hydrogen-bond donors (Lipinski definition) is 2. The van der Waals surface area contributed by atoms with Crippen molar-refractivity contribution in [2.45, 2.75) is 19.1 Å². The van der Waals surface area contributed by atoms with Crippen molar-refractivity contribution in [3.63, 3.8) is 0 Å². The number of para-hydroxylation sites is 1. The Bertz CT molecular complexity index is 391. The summed E-state index contributed by atoms with van der Waals surface area (Å²) in [6.07, 6.45) is -0.0733. The highest BCUT2D eigenvalue weighted by atomic mass is 16.5. The van der Waals surface area contributed by atoms with Crippen LogP contribution in [0.1, 0.15) is 6.92 Å². The third-order valence-corrected chi connectivity index (χ3v) is 2.88. The lowest BCUT2D eigenvalue weighted by Crippen LogP contribution is -2.52. The van der Waals surface area contributed by atoms with E-state index < -0.39 is 0 Å². The Hall–Kier alpha value is -1.59. The van der Waals surface area contributed by atoms with Crippen molar-refractivity contribution >= 4 is 5.91 Å². The quantitative estimate of drug-likeness (QED) is 0.816. The summed E-state index contributed by atoms with van der Waals surface area (Å²) in [4.78, 5) is 11.8. The minimum atomic E-state index is -0.252. The number of rotatable bonds is 5. The zero-order valence-electron chi connectivity index (χ0n) is 11.1. The van der Waals surface area contributed by atoms with Gasteiger partial charge in [0.1, 0.15) is 17.9 Å². The maximum atomic E-state index is 11.8. The predicted molar refractivity (Wildman–Crippen MR) is 72.2 cm³/mol. The van der Waals surface area contributed by atoms with Crippen LogP contribution in [0, 0.1) is 0 Å². The second-order valence-corrected chi connectivity index (χ2v) is 4.57. The van der Waals surface area contributed by atoms with Gasteiger partial charge in [-0.3, -0.25) is 4.79 Å². The van der Waals surface area contributed by atoms with Crippen molar-refractivity contribution in [2.24, 2.45) is 0 Å². The number of morpholine rings is 1. The van der Waals surface area contributed by atoms with E-state index in [1.165, 1.54) is 0 Å². The molecule has 2 N–H and O–H groups in total. The van der Waals surface area contributed by atoms with Crippen molar-refractivity contribution in [1.82, 2.24) is 10.6 Å². The topological polar surface area (TPSA) is 59.6 Å². The summed E-state index contributed by atoms with van der Waals surface area (Å²) in [5, 5.41) is 5.98. The number of carbonyl (C=O) groups excluding carboxylic acids is 1. The highest BCUT2D eigenvalue weighted by molar-refractivity contribution is 5.82. The van der Waals surface area contributed by atoms with Gasteiger partial charge in [-0.15, -0.1) is 0 Å². The van der Waals surface area contributed by atoms with Crippen molar-refractivity contribution in [2.75, 3.05) is 26.3 Å². The Morgan fingerprint density at radius 3 is 3.00 bits per heavy atom. The molecule has 0 spiro atoms. The number of benzene rings is 1. The molecule has 1 heterocycles. The fourth-order valence-electron chi connectivity index (χ4n) is 1.87. The molecule has 1 aliphatic rings. The van der Waals surface area contributed by atoms with Crippen LogP contribution < -0.4 is 15.4 Å². The minimum Gasteiger partial charge on any atom is -0.489 e. The molecule has 1 fully saturated rings. The molecule has 0 aromatic heterocycles. The molecule has 0 aliphatic carbocycles. The fraction of sp³-hybridized carbons (Fsp3) is 0.500. The summed E-state index contributed by atoms with van der Waals surface area (Å²) in [5.41, 5.74) is 0. The van der Waals surface area contributed by atoms with Gasteiger partial charge in [-0.25, -0.2) is 0 Å². The lowest BCUT2D eigenvalue weighted by molar-refractivity contribution is -0.126. The van der Waals surface area contributed by atoms with Crippen molar-refractivity contribution in [3.05, 3.63) is 30.3 Å². The van der Waals surface area contributed by atoms with Gasteiger partial charge in [-0.2, -0.15) is 0 Å². The first kappa shape index (κ1) is 13.8. The Kier molecular flexibility index (Phi) is 5.18. The minimum absolute atomic E-state index is 0.0387. The van der Waals surface area contributed by atoms with Gasteiger partial charge < -0.3 is 20.1 Å². The number of amides is 1. The van der Waals surface area contributed by atoms with E-state index in [-0.39, 0.29) is 18.1 Å². The molecule has 5 nitrogen and oxygen atoms in total. The second kappa shape index (κ2) is 7.11. The number of hydrogen-bond acceptors (Lipinski definition) is 4. The third-order valence-electron chi connectivity index (χ3n) is 2.88. The monoisotopic (exact) mass is 264 g/mol. The largest absolute Gasteiger partial charge is 0.489 e. The zero-order valence-corrected chi connectivity index (χ0v) is 11.1. The maximum absolute atomic E-state index is 11.8. The van der Waals surface area contributed by atoms with E-state index in [1.807, 2.05) is 37.3 Å². The normalized spacial score (nSPS) is 20.6. The summed E-state index contributed by atoms with van der Waals surface area (Å²) in [5.74, 6) is 0.770. The molecule has 1 aromatic rings. The molecule has 2 unspecified atom stereocenters. The molecule has 1 aliphatic heterocycles. The van der Waals surface area contributed by atoms with E-state index in [4.69, 9.17) is 9.47 Å². The second-order valence-electron chi connectivity index (χ2n) is 4.57. The Labute approximate surface area is 113 Å². The lowest BCUT2D eigenvalue weighted by atomic mass is 10.2. The number of ether oxygens (including phenoxy) is 2. The fourth-order valence-corrected chi connectivity index (χ4v) is 1.87. The molecule has 5 heteroatoms. The summed E-state index contributed by atoms with van der Waals surface area (Å²) >= 11 is 0. The van der Waals surface area contributed by atoms with Gasteiger partial charge >= 0.3 is 0 Å². The first-order valence-electron chi connectivity index (χ1n) is 6.56. The highest BCUT2D eigenvalue weighted by Crippen LogP contribution is 2.10. The third kappa shape index (κ3) is 4.54. The van der Waals surface area contributed by atoms with Gasteiger partial charge in [0.05, 0.1) is 19.8 Å². The molecular formula is C14H20N2O3. The maximum Gasteiger partial charge on any atom is 0.239 e. The van der Waals surface area contributed by atoms with Crippen molar-refractivity contribution in [3.8, 4) is 5.75 Å². The van der Waals surface area contributed by atoms with Crippen LogP contribution in [0.4, 0.5) is 0 Å². The molecule has 104 valence electrons. The standard InChI is InChI=1S/C14H20N2O3/c1-11(19-12-5-3-2-4-6-12)9-16-14(17)13-10-18-8-7-15-13/h2-6,11,13,15H,7-10H2,1H3,(H,16,17). The predicted octanol–water partition coefficient (Wildman–Crippen LogP) is 0.559. The van der Waals surface area contributed by atoms with E-state index in [2.05, 4.69) is 10.6 Å². The average Bonchev–Trinajstić information content (AvgIpc) is 2.47. The first-order chi connectivity index (χ1) is 9.25. The highest BCUT2D eigenvalue weighted by Gasteiger charge is 2.21. The van der Waals surface area contributed by atoms with Gasteiger partial charge in [0, 0.05) is 6.54 Å². The van der Waals surface area contributed by atoms with Crippen LogP contribution in [0.5, 0.6) is 5.75 Å². The molecule has 0 radical (unpaired) electrons. The van der Waals surface area contributed by atoms with E-state index in [0.29, 0.717) is 26.3 Å². The van der Waals surface area contributed by atoms with Crippen LogP contribution in [-0.4, -0.2) is 44.4 Å². The number of nitrogens with one attached hydrogen (secondary N) is 2. The van der Waals surface area contributed by atoms with Gasteiger partial charge in [0.15, 0.2) is 0 Å². The van der Waals surface area contributed by atoms with Crippen LogP contribution in [0.15, 0.2) is 30.3 Å². The summed E-state index contributed by atoms with van der Waals surface area (Å²) in [6.45, 7) is 4.22. The molecule has 1 aromatic carbocycles. The molecule has 1 amide bonds. The lowest BCUT2D eigenvalue weighted by Gasteiger charge is -2.23. The Morgan fingerprint density at radius 2 is 2.32 bits per heavy atom. The molecule has 0 bridgehead atoms.